The van der Waals surface area contributed by atoms with E-state index in [0.717, 1.165) is 49.1 Å². The van der Waals surface area contributed by atoms with Crippen LogP contribution in [0, 0.1) is 17.2 Å². The van der Waals surface area contributed by atoms with E-state index in [-0.39, 0.29) is 35.3 Å². The van der Waals surface area contributed by atoms with Gasteiger partial charge in [-0.25, -0.2) is 14.2 Å². The van der Waals surface area contributed by atoms with E-state index in [1.807, 2.05) is 12.1 Å². The molecule has 178 valence electrons. The van der Waals surface area contributed by atoms with Crippen molar-refractivity contribution in [1.29, 1.82) is 0 Å². The number of rotatable bonds is 6. The first-order valence-electron chi connectivity index (χ1n) is 11.3. The van der Waals surface area contributed by atoms with Crippen LogP contribution in [0.2, 0.25) is 0 Å². The molecule has 9 nitrogen and oxygen atoms in total. The average Bonchev–Trinajstić information content (AvgIpc) is 3.45. The Morgan fingerprint density at radius 3 is 2.88 bits per heavy atom. The van der Waals surface area contributed by atoms with Crippen molar-refractivity contribution in [3.63, 3.8) is 0 Å². The van der Waals surface area contributed by atoms with E-state index in [1.165, 1.54) is 30.1 Å². The lowest BCUT2D eigenvalue weighted by Crippen LogP contribution is -2.45. The second kappa shape index (κ2) is 8.58. The third-order valence-electron chi connectivity index (χ3n) is 6.96. The molecule has 0 unspecified atom stereocenters. The van der Waals surface area contributed by atoms with Crippen LogP contribution in [0.25, 0.3) is 10.9 Å². The fourth-order valence-electron chi connectivity index (χ4n) is 5.35. The summed E-state index contributed by atoms with van der Waals surface area (Å²) in [5.74, 6) is 0.850. The van der Waals surface area contributed by atoms with Crippen LogP contribution >= 0.6 is 0 Å². The first-order valence-corrected chi connectivity index (χ1v) is 11.3. The molecule has 1 aliphatic carbocycles. The number of halogens is 1. The second-order valence-electron chi connectivity index (χ2n) is 9.37. The summed E-state index contributed by atoms with van der Waals surface area (Å²) in [5.41, 5.74) is 1.08. The molecular formula is C24H26FN5O4. The number of benzene rings is 1. The fourth-order valence-corrected chi connectivity index (χ4v) is 5.35. The molecule has 3 aromatic rings. The number of carboxylic acid groups (broad SMARTS) is 1. The average molecular weight is 468 g/mol. The molecular weight excluding hydrogens is 441 g/mol. The van der Waals surface area contributed by atoms with Crippen LogP contribution in [0.5, 0.6) is 0 Å². The minimum atomic E-state index is -1.02. The van der Waals surface area contributed by atoms with Crippen molar-refractivity contribution in [1.82, 2.24) is 20.4 Å². The van der Waals surface area contributed by atoms with E-state index < -0.39 is 6.09 Å². The van der Waals surface area contributed by atoms with Gasteiger partial charge in [0.2, 0.25) is 0 Å². The maximum atomic E-state index is 13.4. The second-order valence-corrected chi connectivity index (χ2v) is 9.37. The van der Waals surface area contributed by atoms with Crippen molar-refractivity contribution >= 4 is 28.7 Å². The largest absolute Gasteiger partial charge is 0.465 e. The molecule has 10 heteroatoms. The van der Waals surface area contributed by atoms with E-state index >= 15 is 0 Å². The monoisotopic (exact) mass is 467 g/mol. The van der Waals surface area contributed by atoms with Gasteiger partial charge in [0.25, 0.3) is 5.91 Å². The molecule has 2 amide bonds. The van der Waals surface area contributed by atoms with E-state index in [1.54, 1.807) is 6.07 Å². The van der Waals surface area contributed by atoms with Crippen LogP contribution in [0.15, 0.2) is 40.9 Å². The van der Waals surface area contributed by atoms with Crippen LogP contribution in [-0.4, -0.2) is 58.8 Å². The zero-order chi connectivity index (χ0) is 23.9. The standard InChI is InChI=1S/C24H26FN5O4/c1-26-22(31)20-9-18(34-28-20)13-30(23(32)33)12-15-10-24(11-15)6-7-29(14-24)21-5-2-16-8-17(25)3-4-19(16)27-21/h2-5,8-9,15H,6-7,10-14H2,1H3,(H,26,31)(H,32,33). The molecule has 2 fully saturated rings. The third-order valence-corrected chi connectivity index (χ3v) is 6.96. The Morgan fingerprint density at radius 1 is 1.29 bits per heavy atom. The summed E-state index contributed by atoms with van der Waals surface area (Å²) in [6.45, 7) is 2.24. The van der Waals surface area contributed by atoms with Crippen molar-refractivity contribution in [2.24, 2.45) is 11.3 Å². The van der Waals surface area contributed by atoms with Crippen molar-refractivity contribution < 1.29 is 23.6 Å². The van der Waals surface area contributed by atoms with E-state index in [0.29, 0.717) is 12.3 Å². The van der Waals surface area contributed by atoms with Gasteiger partial charge in [0.05, 0.1) is 12.1 Å². The molecule has 2 aromatic heterocycles. The lowest BCUT2D eigenvalue weighted by molar-refractivity contribution is 0.0432. The van der Waals surface area contributed by atoms with Crippen LogP contribution in [0.4, 0.5) is 15.0 Å². The molecule has 1 aromatic carbocycles. The molecule has 1 aliphatic heterocycles. The minimum Gasteiger partial charge on any atom is -0.465 e. The molecule has 1 spiro atoms. The molecule has 34 heavy (non-hydrogen) atoms. The van der Waals surface area contributed by atoms with Gasteiger partial charge in [-0.3, -0.25) is 4.79 Å². The van der Waals surface area contributed by atoms with Gasteiger partial charge in [-0.05, 0) is 60.9 Å². The summed E-state index contributed by atoms with van der Waals surface area (Å²) in [4.78, 5) is 31.7. The number of nitrogens with zero attached hydrogens (tertiary/aromatic N) is 4. The van der Waals surface area contributed by atoms with Crippen LogP contribution in [-0.2, 0) is 6.54 Å². The lowest BCUT2D eigenvalue weighted by atomic mass is 9.61. The Kier molecular flexibility index (Phi) is 5.59. The van der Waals surface area contributed by atoms with E-state index in [2.05, 4.69) is 15.4 Å². The quantitative estimate of drug-likeness (QED) is 0.571. The molecule has 2 aliphatic rings. The van der Waals surface area contributed by atoms with E-state index in [9.17, 15) is 19.1 Å². The number of carbonyl (C=O) groups excluding carboxylic acids is 1. The normalized spacial score (nSPS) is 21.6. The number of hydrogen-bond acceptors (Lipinski definition) is 6. The topological polar surface area (TPSA) is 112 Å². The van der Waals surface area contributed by atoms with Gasteiger partial charge in [-0.15, -0.1) is 0 Å². The molecule has 0 atom stereocenters. The Morgan fingerprint density at radius 2 is 2.12 bits per heavy atom. The Hall–Kier alpha value is -3.69. The highest BCUT2D eigenvalue weighted by atomic mass is 19.1. The van der Waals surface area contributed by atoms with Crippen molar-refractivity contribution in [2.75, 3.05) is 31.6 Å². The highest BCUT2D eigenvalue weighted by Crippen LogP contribution is 2.52. The number of pyridine rings is 1. The van der Waals surface area contributed by atoms with Crippen molar-refractivity contribution in [3.05, 3.63) is 53.7 Å². The zero-order valence-corrected chi connectivity index (χ0v) is 18.8. The van der Waals surface area contributed by atoms with Gasteiger partial charge in [0, 0.05) is 38.1 Å². The van der Waals surface area contributed by atoms with E-state index in [4.69, 9.17) is 9.51 Å². The van der Waals surface area contributed by atoms with Crippen LogP contribution in [0.3, 0.4) is 0 Å². The Balaban J connectivity index is 1.18. The number of hydrogen-bond donors (Lipinski definition) is 2. The van der Waals surface area contributed by atoms with Crippen molar-refractivity contribution in [3.8, 4) is 0 Å². The summed E-state index contributed by atoms with van der Waals surface area (Å²) in [6, 6.07) is 9.92. The molecule has 1 saturated heterocycles. The number of amides is 2. The first-order chi connectivity index (χ1) is 16.3. The maximum Gasteiger partial charge on any atom is 0.407 e. The number of fused-ring (bicyclic) bond motifs is 1. The summed E-state index contributed by atoms with van der Waals surface area (Å²) < 4.78 is 18.6. The zero-order valence-electron chi connectivity index (χ0n) is 18.8. The lowest BCUT2D eigenvalue weighted by Gasteiger charge is -2.46. The SMILES string of the molecule is CNC(=O)c1cc(CN(CC2CC3(CCN(c4ccc5cc(F)ccc5n4)C3)C2)C(=O)O)on1. The molecule has 1 saturated carbocycles. The summed E-state index contributed by atoms with van der Waals surface area (Å²) in [6.07, 6.45) is 1.92. The van der Waals surface area contributed by atoms with Gasteiger partial charge in [-0.1, -0.05) is 5.16 Å². The summed E-state index contributed by atoms with van der Waals surface area (Å²) >= 11 is 0. The maximum absolute atomic E-state index is 13.4. The first kappa shape index (κ1) is 22.1. The van der Waals surface area contributed by atoms with Gasteiger partial charge in [0.1, 0.15) is 11.6 Å². The molecule has 5 rings (SSSR count). The molecule has 3 heterocycles. The van der Waals surface area contributed by atoms with Gasteiger partial charge < -0.3 is 24.7 Å². The highest BCUT2D eigenvalue weighted by molar-refractivity contribution is 5.91. The van der Waals surface area contributed by atoms with Crippen LogP contribution < -0.4 is 10.2 Å². The summed E-state index contributed by atoms with van der Waals surface area (Å²) in [5, 5.41) is 16.6. The number of carbonyl (C=O) groups is 2. The predicted octanol–water partition coefficient (Wildman–Crippen LogP) is 3.51. The van der Waals surface area contributed by atoms with Crippen molar-refractivity contribution in [2.45, 2.75) is 25.8 Å². The van der Waals surface area contributed by atoms with Gasteiger partial charge in [0.15, 0.2) is 11.5 Å². The number of aromatic nitrogens is 2. The fraction of sp³-hybridized carbons (Fsp3) is 0.417. The Bertz CT molecular complexity index is 1240. The minimum absolute atomic E-state index is 0.0521. The number of nitrogens with one attached hydrogen (secondary N) is 1. The Labute approximate surface area is 195 Å². The molecule has 0 radical (unpaired) electrons. The molecule has 0 bridgehead atoms. The van der Waals surface area contributed by atoms with Gasteiger partial charge >= 0.3 is 6.09 Å². The molecule has 2 N–H and O–H groups in total. The predicted molar refractivity (Wildman–Crippen MR) is 122 cm³/mol. The smallest absolute Gasteiger partial charge is 0.407 e. The third kappa shape index (κ3) is 4.27. The van der Waals surface area contributed by atoms with Gasteiger partial charge in [-0.2, -0.15) is 0 Å². The number of anilines is 1. The van der Waals surface area contributed by atoms with Crippen LogP contribution in [0.1, 0.15) is 35.5 Å². The highest BCUT2D eigenvalue weighted by Gasteiger charge is 2.49. The summed E-state index contributed by atoms with van der Waals surface area (Å²) in [7, 11) is 1.49.